The monoisotopic (exact) mass is 356 g/mol. The minimum Gasteiger partial charge on any atom is -0.506 e. The van der Waals surface area contributed by atoms with Crippen LogP contribution >= 0.6 is 0 Å². The summed E-state index contributed by atoms with van der Waals surface area (Å²) in [4.78, 5) is 11.5. The topological polar surface area (TPSA) is 66.8 Å². The molecule has 4 nitrogen and oxygen atoms in total. The fourth-order valence-electron chi connectivity index (χ4n) is 2.95. The molecule has 0 saturated heterocycles. The number of benzene rings is 1. The largest absolute Gasteiger partial charge is 0.506 e. The Morgan fingerprint density at radius 2 is 1.85 bits per heavy atom. The van der Waals surface area contributed by atoms with Gasteiger partial charge in [-0.1, -0.05) is 23.3 Å². The molecule has 1 aliphatic heterocycles. The van der Waals surface area contributed by atoms with Crippen LogP contribution in [0.1, 0.15) is 68.9 Å². The molecule has 2 N–H and O–H groups in total. The molecule has 0 unspecified atom stereocenters. The molecule has 140 valence electrons. The number of allylic oxidation sites excluding steroid dienone is 4. The van der Waals surface area contributed by atoms with E-state index in [1.54, 1.807) is 6.08 Å². The van der Waals surface area contributed by atoms with Gasteiger partial charge < -0.3 is 14.9 Å². The summed E-state index contributed by atoms with van der Waals surface area (Å²) in [5, 5.41) is 19.8. The molecule has 2 rings (SSSR count). The third kappa shape index (κ3) is 4.57. The highest BCUT2D eigenvalue weighted by molar-refractivity contribution is 5.94. The molecule has 0 radical (unpaired) electrons. The molecule has 0 aliphatic carbocycles. The molecule has 4 heteroatoms. The van der Waals surface area contributed by atoms with Gasteiger partial charge in [0.25, 0.3) is 0 Å². The number of ether oxygens (including phenoxy) is 1. The summed E-state index contributed by atoms with van der Waals surface area (Å²) in [5.74, 6) is -0.808. The van der Waals surface area contributed by atoms with Crippen LogP contribution in [0.4, 0.5) is 0 Å². The van der Waals surface area contributed by atoms with Crippen LogP contribution in [0.15, 0.2) is 35.4 Å². The maximum absolute atomic E-state index is 11.5. The molecule has 0 bridgehead atoms. The van der Waals surface area contributed by atoms with Crippen LogP contribution < -0.4 is 4.74 Å². The van der Waals surface area contributed by atoms with Crippen LogP contribution in [0, 0.1) is 0 Å². The second-order valence-corrected chi connectivity index (χ2v) is 7.53. The number of hydrogen-bond acceptors (Lipinski definition) is 3. The highest BCUT2D eigenvalue weighted by atomic mass is 16.5. The first kappa shape index (κ1) is 19.8. The van der Waals surface area contributed by atoms with Gasteiger partial charge in [-0.15, -0.1) is 0 Å². The molecule has 1 aliphatic rings. The third-order valence-electron chi connectivity index (χ3n) is 4.46. The van der Waals surface area contributed by atoms with Crippen molar-refractivity contribution in [3.05, 3.63) is 52.1 Å². The summed E-state index contributed by atoms with van der Waals surface area (Å²) in [6, 6.07) is 1.52. The first-order chi connectivity index (χ1) is 12.1. The summed E-state index contributed by atoms with van der Waals surface area (Å²) in [6.45, 7) is 10.1. The SMILES string of the molecule is CC(C)=CCC[C@@]1(C)C=Cc2c(O)c(C(=O)O)cc(CC=C(C)C)c2O1. The van der Waals surface area contributed by atoms with Crippen molar-refractivity contribution in [2.75, 3.05) is 0 Å². The zero-order valence-electron chi connectivity index (χ0n) is 16.2. The fraction of sp³-hybridized carbons (Fsp3) is 0.409. The number of aromatic carboxylic acids is 1. The van der Waals surface area contributed by atoms with E-state index in [-0.39, 0.29) is 11.3 Å². The lowest BCUT2D eigenvalue weighted by Crippen LogP contribution is -2.32. The Hall–Kier alpha value is -2.49. The van der Waals surface area contributed by atoms with E-state index in [2.05, 4.69) is 19.9 Å². The van der Waals surface area contributed by atoms with Gasteiger partial charge in [-0.2, -0.15) is 0 Å². The van der Waals surface area contributed by atoms with Gasteiger partial charge in [0.2, 0.25) is 0 Å². The Balaban J connectivity index is 2.46. The molecule has 0 saturated carbocycles. The van der Waals surface area contributed by atoms with Crippen LogP contribution in [0.25, 0.3) is 6.08 Å². The lowest BCUT2D eigenvalue weighted by molar-refractivity contribution is 0.0693. The maximum atomic E-state index is 11.5. The summed E-state index contributed by atoms with van der Waals surface area (Å²) in [6.07, 6.45) is 10.1. The van der Waals surface area contributed by atoms with E-state index in [0.29, 0.717) is 17.7 Å². The summed E-state index contributed by atoms with van der Waals surface area (Å²) >= 11 is 0. The first-order valence-electron chi connectivity index (χ1n) is 8.90. The predicted octanol–water partition coefficient (Wildman–Crippen LogP) is 5.51. The van der Waals surface area contributed by atoms with Crippen molar-refractivity contribution in [2.45, 2.75) is 59.5 Å². The zero-order chi connectivity index (χ0) is 19.5. The maximum Gasteiger partial charge on any atom is 0.339 e. The standard InChI is InChI=1S/C22H28O4/c1-14(2)7-6-11-22(5)12-10-17-19(23)18(21(24)25)13-16(20(17)26-22)9-8-15(3)4/h7-8,10,12-13,23H,6,9,11H2,1-5H3,(H,24,25)/t22-/m0/s1. The molecular formula is C22H28O4. The van der Waals surface area contributed by atoms with Gasteiger partial charge in [-0.3, -0.25) is 0 Å². The minimum absolute atomic E-state index is 0.0951. The molecule has 0 fully saturated rings. The van der Waals surface area contributed by atoms with Crippen molar-refractivity contribution in [2.24, 2.45) is 0 Å². The van der Waals surface area contributed by atoms with Crippen molar-refractivity contribution >= 4 is 12.0 Å². The van der Waals surface area contributed by atoms with E-state index < -0.39 is 11.6 Å². The van der Waals surface area contributed by atoms with Gasteiger partial charge in [0.15, 0.2) is 0 Å². The number of carboxylic acids is 1. The van der Waals surface area contributed by atoms with E-state index in [9.17, 15) is 15.0 Å². The number of carbonyl (C=O) groups is 1. The number of hydrogen-bond donors (Lipinski definition) is 2. The Kier molecular flexibility index (Phi) is 5.96. The molecule has 26 heavy (non-hydrogen) atoms. The van der Waals surface area contributed by atoms with E-state index >= 15 is 0 Å². The molecule has 1 aromatic rings. The zero-order valence-corrected chi connectivity index (χ0v) is 16.2. The molecule has 1 aromatic carbocycles. The van der Waals surface area contributed by atoms with Crippen molar-refractivity contribution in [1.29, 1.82) is 0 Å². The third-order valence-corrected chi connectivity index (χ3v) is 4.46. The Morgan fingerprint density at radius 1 is 1.19 bits per heavy atom. The van der Waals surface area contributed by atoms with Gasteiger partial charge >= 0.3 is 5.97 Å². The quantitative estimate of drug-likeness (QED) is 0.660. The molecule has 1 atom stereocenters. The van der Waals surface area contributed by atoms with E-state index in [4.69, 9.17) is 4.74 Å². The van der Waals surface area contributed by atoms with E-state index in [0.717, 1.165) is 24.0 Å². The average molecular weight is 356 g/mol. The fourth-order valence-corrected chi connectivity index (χ4v) is 2.95. The van der Waals surface area contributed by atoms with E-state index in [1.165, 1.54) is 11.6 Å². The van der Waals surface area contributed by atoms with Crippen molar-refractivity contribution in [1.82, 2.24) is 0 Å². The number of carboxylic acid groups (broad SMARTS) is 1. The molecule has 1 heterocycles. The summed E-state index contributed by atoms with van der Waals surface area (Å²) < 4.78 is 6.28. The van der Waals surface area contributed by atoms with Crippen LogP contribution in [0.5, 0.6) is 11.5 Å². The molecule has 0 amide bonds. The summed E-state index contributed by atoms with van der Waals surface area (Å²) in [7, 11) is 0. The lowest BCUT2D eigenvalue weighted by atomic mass is 9.91. The van der Waals surface area contributed by atoms with Gasteiger partial charge in [0, 0.05) is 0 Å². The summed E-state index contributed by atoms with van der Waals surface area (Å²) in [5.41, 5.74) is 3.04. The second-order valence-electron chi connectivity index (χ2n) is 7.53. The first-order valence-corrected chi connectivity index (χ1v) is 8.90. The van der Waals surface area contributed by atoms with Crippen LogP contribution in [0.3, 0.4) is 0 Å². The van der Waals surface area contributed by atoms with Crippen molar-refractivity contribution in [3.63, 3.8) is 0 Å². The highest BCUT2D eigenvalue weighted by Gasteiger charge is 2.31. The van der Waals surface area contributed by atoms with Gasteiger partial charge in [0.1, 0.15) is 22.7 Å². The minimum atomic E-state index is -1.14. The van der Waals surface area contributed by atoms with Crippen LogP contribution in [-0.4, -0.2) is 21.8 Å². The number of phenols is 1. The van der Waals surface area contributed by atoms with Gasteiger partial charge in [-0.05, 0) is 77.7 Å². The van der Waals surface area contributed by atoms with Gasteiger partial charge in [-0.25, -0.2) is 4.79 Å². The number of rotatable bonds is 6. The molecule has 0 spiro atoms. The van der Waals surface area contributed by atoms with Gasteiger partial charge in [0.05, 0.1) is 5.56 Å². The Labute approximate surface area is 155 Å². The average Bonchev–Trinajstić information content (AvgIpc) is 2.53. The number of aromatic hydroxyl groups is 1. The van der Waals surface area contributed by atoms with Crippen molar-refractivity contribution < 1.29 is 19.7 Å². The molecular weight excluding hydrogens is 328 g/mol. The molecule has 0 aromatic heterocycles. The highest BCUT2D eigenvalue weighted by Crippen LogP contribution is 2.43. The van der Waals surface area contributed by atoms with Crippen molar-refractivity contribution in [3.8, 4) is 11.5 Å². The Bertz CT molecular complexity index is 791. The van der Waals surface area contributed by atoms with Crippen LogP contribution in [0.2, 0.25) is 0 Å². The Morgan fingerprint density at radius 3 is 2.42 bits per heavy atom. The predicted molar refractivity (Wildman–Crippen MR) is 105 cm³/mol. The number of fused-ring (bicyclic) bond motifs is 1. The lowest BCUT2D eigenvalue weighted by Gasteiger charge is -2.33. The van der Waals surface area contributed by atoms with Crippen LogP contribution in [-0.2, 0) is 6.42 Å². The second kappa shape index (κ2) is 7.81. The normalized spacial score (nSPS) is 17.9. The smallest absolute Gasteiger partial charge is 0.339 e. The van der Waals surface area contributed by atoms with E-state index in [1.807, 2.05) is 32.9 Å².